The lowest BCUT2D eigenvalue weighted by Crippen LogP contribution is -2.17. The third-order valence-electron chi connectivity index (χ3n) is 3.11. The Morgan fingerprint density at radius 1 is 1.41 bits per heavy atom. The maximum absolute atomic E-state index is 11.8. The number of aromatic nitrogens is 2. The number of imidazole rings is 1. The summed E-state index contributed by atoms with van der Waals surface area (Å²) in [4.78, 5) is 15.7. The average Bonchev–Trinajstić information content (AvgIpc) is 3.11. The van der Waals surface area contributed by atoms with E-state index in [-0.39, 0.29) is 5.25 Å². The molecule has 4 nitrogen and oxygen atoms in total. The molecule has 22 heavy (non-hydrogen) atoms. The fraction of sp³-hybridized carbons (Fsp3) is 0.143. The highest BCUT2D eigenvalue weighted by atomic mass is 35.5. The number of primary amides is 1. The third-order valence-corrected chi connectivity index (χ3v) is 6.60. The van der Waals surface area contributed by atoms with E-state index < -0.39 is 5.91 Å². The van der Waals surface area contributed by atoms with E-state index in [0.717, 1.165) is 15.6 Å². The molecule has 2 N–H and O–H groups in total. The molecule has 0 aliphatic carbocycles. The zero-order valence-corrected chi connectivity index (χ0v) is 14.3. The van der Waals surface area contributed by atoms with Gasteiger partial charge in [0.15, 0.2) is 0 Å². The van der Waals surface area contributed by atoms with Crippen LogP contribution in [0.15, 0.2) is 41.2 Å². The molecular weight excluding hydrogens is 361 g/mol. The van der Waals surface area contributed by atoms with Crippen molar-refractivity contribution in [2.24, 2.45) is 5.73 Å². The van der Waals surface area contributed by atoms with Crippen LogP contribution in [0.25, 0.3) is 5.70 Å². The first kappa shape index (κ1) is 15.8. The number of halogens is 2. The maximum Gasteiger partial charge on any atom is 0.267 e. The standard InChI is InChI=1S/C14H11Cl2N3OS2/c15-8-1-2-9(10(16)5-8)11-6-21-14(22-11)12(13(17)20)19-4-3-18-7-19/h1-5,7,11H,6H2,(H2,17,20)/b14-12-/t11-/m1/s1. The highest BCUT2D eigenvalue weighted by Gasteiger charge is 2.29. The zero-order chi connectivity index (χ0) is 15.7. The van der Waals surface area contributed by atoms with E-state index in [4.69, 9.17) is 28.9 Å². The van der Waals surface area contributed by atoms with Gasteiger partial charge in [0.05, 0.1) is 10.6 Å². The Balaban J connectivity index is 1.93. The average molecular weight is 372 g/mol. The van der Waals surface area contributed by atoms with Crippen LogP contribution in [0, 0.1) is 0 Å². The van der Waals surface area contributed by atoms with Crippen molar-refractivity contribution in [3.8, 4) is 0 Å². The molecule has 0 unspecified atom stereocenters. The highest BCUT2D eigenvalue weighted by Crippen LogP contribution is 2.53. The van der Waals surface area contributed by atoms with Crippen LogP contribution in [0.4, 0.5) is 0 Å². The molecule has 1 amide bonds. The molecule has 1 saturated heterocycles. The summed E-state index contributed by atoms with van der Waals surface area (Å²) in [5, 5.41) is 1.40. The Hall–Kier alpha value is -1.08. The predicted octanol–water partition coefficient (Wildman–Crippen LogP) is 4.02. The van der Waals surface area contributed by atoms with Gasteiger partial charge < -0.3 is 5.73 Å². The summed E-state index contributed by atoms with van der Waals surface area (Å²) in [5.41, 5.74) is 6.98. The Kier molecular flexibility index (Phi) is 4.73. The van der Waals surface area contributed by atoms with Crippen LogP contribution in [0.5, 0.6) is 0 Å². The lowest BCUT2D eigenvalue weighted by atomic mass is 10.2. The number of carbonyl (C=O) groups excluding carboxylic acids is 1. The summed E-state index contributed by atoms with van der Waals surface area (Å²) in [6, 6.07) is 5.48. The van der Waals surface area contributed by atoms with E-state index in [2.05, 4.69) is 4.98 Å². The largest absolute Gasteiger partial charge is 0.364 e. The molecule has 2 heterocycles. The Bertz CT molecular complexity index is 747. The predicted molar refractivity (Wildman–Crippen MR) is 93.9 cm³/mol. The molecule has 0 radical (unpaired) electrons. The van der Waals surface area contributed by atoms with Gasteiger partial charge in [-0.1, -0.05) is 29.3 Å². The van der Waals surface area contributed by atoms with Crippen LogP contribution in [0.3, 0.4) is 0 Å². The fourth-order valence-corrected chi connectivity index (χ4v) is 5.75. The van der Waals surface area contributed by atoms with Crippen molar-refractivity contribution in [2.75, 3.05) is 5.75 Å². The number of rotatable bonds is 3. The SMILES string of the molecule is NC(=O)/C(=C1\SC[C@H](c2ccc(Cl)cc2Cl)S1)n1ccnc1. The number of thioether (sulfide) groups is 2. The van der Waals surface area contributed by atoms with Crippen molar-refractivity contribution in [3.63, 3.8) is 0 Å². The third kappa shape index (κ3) is 3.15. The second-order valence-corrected chi connectivity index (χ2v) is 7.90. The molecule has 0 saturated carbocycles. The second kappa shape index (κ2) is 6.58. The summed E-state index contributed by atoms with van der Waals surface area (Å²) in [6.45, 7) is 0. The van der Waals surface area contributed by atoms with E-state index in [1.807, 2.05) is 12.1 Å². The molecule has 2 aromatic rings. The van der Waals surface area contributed by atoms with Crippen LogP contribution in [0.1, 0.15) is 10.8 Å². The number of amides is 1. The second-order valence-electron chi connectivity index (χ2n) is 4.55. The summed E-state index contributed by atoms with van der Waals surface area (Å²) < 4.78 is 2.52. The first-order chi connectivity index (χ1) is 10.6. The van der Waals surface area contributed by atoms with Gasteiger partial charge in [-0.3, -0.25) is 9.36 Å². The number of carbonyl (C=O) groups is 1. The summed E-state index contributed by atoms with van der Waals surface area (Å²) in [5.74, 6) is 0.336. The van der Waals surface area contributed by atoms with Gasteiger partial charge in [-0.25, -0.2) is 4.98 Å². The van der Waals surface area contributed by atoms with Crippen LogP contribution in [0.2, 0.25) is 10.0 Å². The molecule has 1 aromatic carbocycles. The minimum atomic E-state index is -0.476. The smallest absolute Gasteiger partial charge is 0.267 e. The number of nitrogens with two attached hydrogens (primary N) is 1. The molecule has 1 atom stereocenters. The van der Waals surface area contributed by atoms with Crippen molar-refractivity contribution >= 4 is 58.3 Å². The first-order valence-corrected chi connectivity index (χ1v) is 8.95. The van der Waals surface area contributed by atoms with Gasteiger partial charge in [-0.05, 0) is 17.7 Å². The van der Waals surface area contributed by atoms with Crippen LogP contribution in [-0.4, -0.2) is 21.2 Å². The first-order valence-electron chi connectivity index (χ1n) is 6.33. The van der Waals surface area contributed by atoms with Gasteiger partial charge in [-0.2, -0.15) is 0 Å². The zero-order valence-electron chi connectivity index (χ0n) is 11.2. The lowest BCUT2D eigenvalue weighted by molar-refractivity contribution is -0.113. The van der Waals surface area contributed by atoms with Crippen molar-refractivity contribution in [1.82, 2.24) is 9.55 Å². The summed E-state index contributed by atoms with van der Waals surface area (Å²) in [7, 11) is 0. The fourth-order valence-electron chi connectivity index (χ4n) is 2.11. The van der Waals surface area contributed by atoms with Gasteiger partial charge in [0.2, 0.25) is 0 Å². The van der Waals surface area contributed by atoms with Gasteiger partial charge in [0.25, 0.3) is 5.91 Å². The van der Waals surface area contributed by atoms with E-state index in [1.165, 1.54) is 0 Å². The van der Waals surface area contributed by atoms with E-state index in [9.17, 15) is 4.79 Å². The molecule has 0 spiro atoms. The number of hydrogen-bond acceptors (Lipinski definition) is 4. The normalized spacial score (nSPS) is 20.2. The summed E-state index contributed by atoms with van der Waals surface area (Å²) >= 11 is 15.4. The van der Waals surface area contributed by atoms with Crippen molar-refractivity contribution < 1.29 is 4.79 Å². The molecule has 1 aliphatic heterocycles. The monoisotopic (exact) mass is 371 g/mol. The minimum Gasteiger partial charge on any atom is -0.364 e. The van der Waals surface area contributed by atoms with Crippen molar-refractivity contribution in [3.05, 3.63) is 56.8 Å². The highest BCUT2D eigenvalue weighted by molar-refractivity contribution is 8.25. The van der Waals surface area contributed by atoms with E-state index in [1.54, 1.807) is 52.9 Å². The number of hydrogen-bond donors (Lipinski definition) is 1. The van der Waals surface area contributed by atoms with Crippen LogP contribution < -0.4 is 5.73 Å². The van der Waals surface area contributed by atoms with E-state index >= 15 is 0 Å². The topological polar surface area (TPSA) is 60.9 Å². The van der Waals surface area contributed by atoms with Gasteiger partial charge >= 0.3 is 0 Å². The Morgan fingerprint density at radius 2 is 2.23 bits per heavy atom. The summed E-state index contributed by atoms with van der Waals surface area (Å²) in [6.07, 6.45) is 4.88. The number of nitrogens with zero attached hydrogens (tertiary/aromatic N) is 2. The number of benzene rings is 1. The molecule has 1 aliphatic rings. The van der Waals surface area contributed by atoms with Crippen LogP contribution in [-0.2, 0) is 4.79 Å². The Morgan fingerprint density at radius 3 is 2.86 bits per heavy atom. The Labute approximate surface area is 146 Å². The van der Waals surface area contributed by atoms with Crippen molar-refractivity contribution in [1.29, 1.82) is 0 Å². The van der Waals surface area contributed by atoms with E-state index in [0.29, 0.717) is 15.7 Å². The van der Waals surface area contributed by atoms with Gasteiger partial charge in [0, 0.05) is 33.4 Å². The van der Waals surface area contributed by atoms with Crippen molar-refractivity contribution in [2.45, 2.75) is 5.25 Å². The molecule has 0 bridgehead atoms. The van der Waals surface area contributed by atoms with Crippen LogP contribution >= 0.6 is 46.7 Å². The molecule has 8 heteroatoms. The minimum absolute atomic E-state index is 0.155. The lowest BCUT2D eigenvalue weighted by Gasteiger charge is -2.11. The molecule has 3 rings (SSSR count). The molecular formula is C14H11Cl2N3OS2. The quantitative estimate of drug-likeness (QED) is 0.827. The molecule has 1 aromatic heterocycles. The maximum atomic E-state index is 11.8. The molecule has 114 valence electrons. The molecule has 1 fully saturated rings. The van der Waals surface area contributed by atoms with Gasteiger partial charge in [-0.15, -0.1) is 23.5 Å². The van der Waals surface area contributed by atoms with Gasteiger partial charge in [0.1, 0.15) is 5.70 Å².